The number of piperidine rings is 1. The summed E-state index contributed by atoms with van der Waals surface area (Å²) in [5.74, 6) is -0.821. The molecule has 0 radical (unpaired) electrons. The molecule has 1 saturated carbocycles. The average Bonchev–Trinajstić information content (AvgIpc) is 3.77. The van der Waals surface area contributed by atoms with E-state index in [1.54, 1.807) is 18.5 Å². The molecule has 0 bridgehead atoms. The summed E-state index contributed by atoms with van der Waals surface area (Å²) in [7, 11) is 0. The number of halogens is 2. The zero-order chi connectivity index (χ0) is 28.0. The van der Waals surface area contributed by atoms with Crippen LogP contribution < -0.4 is 16.0 Å². The van der Waals surface area contributed by atoms with Crippen molar-refractivity contribution in [2.45, 2.75) is 52.0 Å². The van der Waals surface area contributed by atoms with Crippen LogP contribution in [0.15, 0.2) is 76.4 Å². The Bertz CT molecular complexity index is 1340. The van der Waals surface area contributed by atoms with Crippen LogP contribution in [-0.4, -0.2) is 37.0 Å². The standard InChI is InChI=1S/C31H36F2N6/c1-6-20(15-28(34-5)39-30-23(32)9-8-10-24(30)33)16-37-26-18-36-17-22(21-11-12-21)29(26)25(7-2)38-27-13-14-35-19-31(27,3)4/h6,8-10,15-18,21,27,35,38-39H,2,5,11-14,19H2,1,3-4H3/b20-6+,28-15+,37-16?/t27-/m0/s1. The highest BCUT2D eigenvalue weighted by molar-refractivity contribution is 5.87. The van der Waals surface area contributed by atoms with E-state index in [0.29, 0.717) is 17.2 Å². The highest BCUT2D eigenvalue weighted by Crippen LogP contribution is 2.45. The molecule has 39 heavy (non-hydrogen) atoms. The van der Waals surface area contributed by atoms with Gasteiger partial charge in [0.2, 0.25) is 0 Å². The number of para-hydroxylation sites is 1. The van der Waals surface area contributed by atoms with Crippen molar-refractivity contribution in [1.29, 1.82) is 0 Å². The monoisotopic (exact) mass is 530 g/mol. The normalized spacial score (nSPS) is 19.5. The largest absolute Gasteiger partial charge is 0.375 e. The van der Waals surface area contributed by atoms with Gasteiger partial charge in [-0.1, -0.05) is 32.6 Å². The minimum atomic E-state index is -0.721. The van der Waals surface area contributed by atoms with Gasteiger partial charge in [0.25, 0.3) is 0 Å². The highest BCUT2D eigenvalue weighted by atomic mass is 19.1. The number of nitrogens with zero attached hydrogens (tertiary/aromatic N) is 3. The maximum absolute atomic E-state index is 14.2. The first-order valence-electron chi connectivity index (χ1n) is 13.2. The van der Waals surface area contributed by atoms with E-state index >= 15 is 0 Å². The van der Waals surface area contributed by atoms with Crippen LogP contribution in [0.25, 0.3) is 5.70 Å². The zero-order valence-corrected chi connectivity index (χ0v) is 22.8. The Labute approximate surface area is 229 Å². The van der Waals surface area contributed by atoms with Crippen molar-refractivity contribution in [3.8, 4) is 0 Å². The first kappa shape index (κ1) is 28.1. The Balaban J connectivity index is 1.65. The fourth-order valence-corrected chi connectivity index (χ4v) is 4.73. The maximum atomic E-state index is 14.2. The van der Waals surface area contributed by atoms with Crippen LogP contribution in [-0.2, 0) is 0 Å². The molecule has 4 rings (SSSR count). The van der Waals surface area contributed by atoms with Crippen molar-refractivity contribution in [3.05, 3.63) is 89.2 Å². The van der Waals surface area contributed by atoms with Crippen molar-refractivity contribution in [2.75, 3.05) is 18.4 Å². The lowest BCUT2D eigenvalue weighted by molar-refractivity contribution is 0.202. The second-order valence-corrected chi connectivity index (χ2v) is 10.6. The number of allylic oxidation sites excluding steroid dienone is 3. The summed E-state index contributed by atoms with van der Waals surface area (Å²) >= 11 is 0. The molecule has 3 N–H and O–H groups in total. The van der Waals surface area contributed by atoms with Crippen LogP contribution in [0.5, 0.6) is 0 Å². The van der Waals surface area contributed by atoms with Crippen LogP contribution in [0.2, 0.25) is 0 Å². The van der Waals surface area contributed by atoms with Gasteiger partial charge in [0.1, 0.15) is 23.1 Å². The molecule has 6 nitrogen and oxygen atoms in total. The Morgan fingerprint density at radius 3 is 2.56 bits per heavy atom. The molecule has 1 aliphatic carbocycles. The van der Waals surface area contributed by atoms with Gasteiger partial charge in [-0.3, -0.25) is 9.98 Å². The number of rotatable bonds is 10. The van der Waals surface area contributed by atoms with E-state index in [1.807, 2.05) is 19.2 Å². The molecule has 1 atom stereocenters. The molecule has 1 aromatic heterocycles. The molecule has 2 fully saturated rings. The molecule has 1 saturated heterocycles. The molecule has 1 aliphatic heterocycles. The molecule has 204 valence electrons. The molecule has 0 unspecified atom stereocenters. The number of aromatic nitrogens is 1. The number of hydrogen-bond donors (Lipinski definition) is 3. The molecule has 2 heterocycles. The molecule has 2 aromatic rings. The lowest BCUT2D eigenvalue weighted by Crippen LogP contribution is -2.52. The van der Waals surface area contributed by atoms with Crippen molar-refractivity contribution < 1.29 is 8.78 Å². The first-order valence-corrected chi connectivity index (χ1v) is 13.2. The molecule has 0 spiro atoms. The molecule has 0 amide bonds. The van der Waals surface area contributed by atoms with E-state index in [9.17, 15) is 8.78 Å². The lowest BCUT2D eigenvalue weighted by Gasteiger charge is -2.40. The minimum absolute atomic E-state index is 0.0538. The number of hydrogen-bond acceptors (Lipinski definition) is 6. The lowest BCUT2D eigenvalue weighted by atomic mass is 9.79. The van der Waals surface area contributed by atoms with Crippen LogP contribution >= 0.6 is 0 Å². The summed E-state index contributed by atoms with van der Waals surface area (Å²) < 4.78 is 28.3. The van der Waals surface area contributed by atoms with Crippen LogP contribution in [0.3, 0.4) is 0 Å². The van der Waals surface area contributed by atoms with E-state index in [1.165, 1.54) is 18.2 Å². The van der Waals surface area contributed by atoms with Gasteiger partial charge < -0.3 is 16.0 Å². The van der Waals surface area contributed by atoms with E-state index in [4.69, 9.17) is 4.99 Å². The van der Waals surface area contributed by atoms with E-state index in [0.717, 1.165) is 49.2 Å². The van der Waals surface area contributed by atoms with E-state index < -0.39 is 11.6 Å². The van der Waals surface area contributed by atoms with Gasteiger partial charge in [-0.05, 0) is 80.1 Å². The first-order chi connectivity index (χ1) is 18.8. The quantitative estimate of drug-likeness (QED) is 0.183. The average molecular weight is 531 g/mol. The number of benzene rings is 1. The molecule has 2 aliphatic rings. The van der Waals surface area contributed by atoms with Gasteiger partial charge >= 0.3 is 0 Å². The fourth-order valence-electron chi connectivity index (χ4n) is 4.73. The van der Waals surface area contributed by atoms with Crippen LogP contribution in [0.1, 0.15) is 57.1 Å². The third-order valence-corrected chi connectivity index (χ3v) is 7.23. The van der Waals surface area contributed by atoms with Crippen LogP contribution in [0, 0.1) is 17.0 Å². The number of nitrogens with one attached hydrogen (secondary N) is 3. The summed E-state index contributed by atoms with van der Waals surface area (Å²) in [5.41, 5.74) is 7.20. The highest BCUT2D eigenvalue weighted by Gasteiger charge is 2.34. The topological polar surface area (TPSA) is 73.7 Å². The molecular formula is C31H36F2N6. The minimum Gasteiger partial charge on any atom is -0.375 e. The molecule has 1 aromatic carbocycles. The second kappa shape index (κ2) is 12.3. The molecule has 8 heteroatoms. The Morgan fingerprint density at radius 1 is 1.21 bits per heavy atom. The van der Waals surface area contributed by atoms with Crippen molar-refractivity contribution in [2.24, 2.45) is 15.4 Å². The smallest absolute Gasteiger partial charge is 0.149 e. The third kappa shape index (κ3) is 6.77. The Kier molecular flexibility index (Phi) is 8.90. The van der Waals surface area contributed by atoms with Crippen LogP contribution in [0.4, 0.5) is 20.2 Å². The second-order valence-electron chi connectivity index (χ2n) is 10.6. The van der Waals surface area contributed by atoms with Crippen molar-refractivity contribution >= 4 is 30.0 Å². The van der Waals surface area contributed by atoms with Crippen molar-refractivity contribution in [3.63, 3.8) is 0 Å². The van der Waals surface area contributed by atoms with Gasteiger partial charge in [-0.15, -0.1) is 5.73 Å². The maximum Gasteiger partial charge on any atom is 0.149 e. The van der Waals surface area contributed by atoms with Gasteiger partial charge in [-0.2, -0.15) is 0 Å². The van der Waals surface area contributed by atoms with Gasteiger partial charge in [-0.25, -0.2) is 13.8 Å². The number of aliphatic imine (C=N–C) groups is 2. The predicted octanol–water partition coefficient (Wildman–Crippen LogP) is 6.64. The van der Waals surface area contributed by atoms with Gasteiger partial charge in [0, 0.05) is 30.6 Å². The predicted molar refractivity (Wildman–Crippen MR) is 156 cm³/mol. The number of pyridine rings is 1. The fraction of sp³-hybridized carbons (Fsp3) is 0.355. The molecular weight excluding hydrogens is 494 g/mol. The zero-order valence-electron chi connectivity index (χ0n) is 22.8. The van der Waals surface area contributed by atoms with Crippen molar-refractivity contribution in [1.82, 2.24) is 15.6 Å². The summed E-state index contributed by atoms with van der Waals surface area (Å²) in [6.07, 6.45) is 12.0. The van der Waals surface area contributed by atoms with E-state index in [2.05, 4.69) is 58.8 Å². The summed E-state index contributed by atoms with van der Waals surface area (Å²) in [6.45, 7) is 15.8. The van der Waals surface area contributed by atoms with Gasteiger partial charge in [0.15, 0.2) is 0 Å². The third-order valence-electron chi connectivity index (χ3n) is 7.23. The number of anilines is 1. The SMILES string of the molecule is C=C=C(N[C@H]1CCNCC1(C)C)c1c(N=CC(/C=C(\N=C)Nc2c(F)cccc2F)=C/C)cncc1C1CC1. The summed E-state index contributed by atoms with van der Waals surface area (Å²) in [5, 5.41) is 9.89. The Morgan fingerprint density at radius 2 is 1.95 bits per heavy atom. The summed E-state index contributed by atoms with van der Waals surface area (Å²) in [4.78, 5) is 13.2. The Hall–Kier alpha value is -3.87. The van der Waals surface area contributed by atoms with E-state index in [-0.39, 0.29) is 23.0 Å². The summed E-state index contributed by atoms with van der Waals surface area (Å²) in [6, 6.07) is 3.91. The van der Waals surface area contributed by atoms with Gasteiger partial charge in [0.05, 0.1) is 17.6 Å².